The summed E-state index contributed by atoms with van der Waals surface area (Å²) in [6.07, 6.45) is 3.57. The summed E-state index contributed by atoms with van der Waals surface area (Å²) in [7, 11) is 4.00. The van der Waals surface area contributed by atoms with E-state index in [2.05, 4.69) is 49.3 Å². The molecule has 0 amide bonds. The molecule has 0 aliphatic heterocycles. The SMILES string of the molecule is CCCN(C)C1CCc2cc(OC)ccc2C1NCC. The molecule has 2 unspecified atom stereocenters. The van der Waals surface area contributed by atoms with E-state index in [1.54, 1.807) is 7.11 Å². The molecule has 3 nitrogen and oxygen atoms in total. The van der Waals surface area contributed by atoms with Crippen LogP contribution in [0.25, 0.3) is 0 Å². The molecule has 3 heteroatoms. The third-order valence-corrected chi connectivity index (χ3v) is 4.35. The predicted octanol–water partition coefficient (Wildman–Crippen LogP) is 3.00. The topological polar surface area (TPSA) is 24.5 Å². The Balaban J connectivity index is 2.27. The van der Waals surface area contributed by atoms with E-state index in [-0.39, 0.29) is 0 Å². The molecule has 1 aromatic carbocycles. The van der Waals surface area contributed by atoms with Crippen LogP contribution in [0.2, 0.25) is 0 Å². The minimum absolute atomic E-state index is 0.436. The molecule has 0 fully saturated rings. The summed E-state index contributed by atoms with van der Waals surface area (Å²) in [5.41, 5.74) is 2.89. The molecule has 2 rings (SSSR count). The lowest BCUT2D eigenvalue weighted by Gasteiger charge is -2.39. The number of rotatable bonds is 6. The molecule has 0 heterocycles. The number of hydrogen-bond acceptors (Lipinski definition) is 3. The van der Waals surface area contributed by atoms with Gasteiger partial charge in [-0.3, -0.25) is 0 Å². The zero-order valence-corrected chi connectivity index (χ0v) is 13.3. The first-order chi connectivity index (χ1) is 9.71. The monoisotopic (exact) mass is 276 g/mol. The Morgan fingerprint density at radius 1 is 1.35 bits per heavy atom. The number of hydrogen-bond donors (Lipinski definition) is 1. The molecule has 0 bridgehead atoms. The van der Waals surface area contributed by atoms with E-state index in [9.17, 15) is 0 Å². The van der Waals surface area contributed by atoms with Crippen LogP contribution < -0.4 is 10.1 Å². The highest BCUT2D eigenvalue weighted by Gasteiger charge is 2.31. The molecule has 1 aromatic rings. The first-order valence-corrected chi connectivity index (χ1v) is 7.81. The lowest BCUT2D eigenvalue weighted by atomic mass is 9.83. The fourth-order valence-electron chi connectivity index (χ4n) is 3.37. The summed E-state index contributed by atoms with van der Waals surface area (Å²) in [6.45, 7) is 6.61. The van der Waals surface area contributed by atoms with Crippen molar-refractivity contribution in [2.45, 2.75) is 45.2 Å². The van der Waals surface area contributed by atoms with Gasteiger partial charge in [-0.05, 0) is 62.7 Å². The van der Waals surface area contributed by atoms with Crippen LogP contribution in [0.4, 0.5) is 0 Å². The van der Waals surface area contributed by atoms with E-state index in [1.165, 1.54) is 24.0 Å². The van der Waals surface area contributed by atoms with Crippen molar-refractivity contribution < 1.29 is 4.74 Å². The van der Waals surface area contributed by atoms with Crippen molar-refractivity contribution >= 4 is 0 Å². The fourth-order valence-corrected chi connectivity index (χ4v) is 3.37. The standard InChI is InChI=1S/C17H28N2O/c1-5-11-19(3)16-10-7-13-12-14(20-4)8-9-15(13)17(16)18-6-2/h8-9,12,16-18H,5-7,10-11H2,1-4H3. The second-order valence-electron chi connectivity index (χ2n) is 5.69. The molecule has 20 heavy (non-hydrogen) atoms. The first-order valence-electron chi connectivity index (χ1n) is 7.81. The second kappa shape index (κ2) is 7.09. The summed E-state index contributed by atoms with van der Waals surface area (Å²) in [4.78, 5) is 2.51. The van der Waals surface area contributed by atoms with Crippen LogP contribution in [-0.2, 0) is 6.42 Å². The number of benzene rings is 1. The molecule has 112 valence electrons. The van der Waals surface area contributed by atoms with Crippen LogP contribution in [0.15, 0.2) is 18.2 Å². The average Bonchev–Trinajstić information content (AvgIpc) is 2.47. The summed E-state index contributed by atoms with van der Waals surface area (Å²) < 4.78 is 5.36. The molecule has 1 aliphatic carbocycles. The van der Waals surface area contributed by atoms with Crippen LogP contribution in [0.1, 0.15) is 43.9 Å². The Bertz CT molecular complexity index is 433. The first kappa shape index (κ1) is 15.3. The van der Waals surface area contributed by atoms with E-state index in [0.717, 1.165) is 25.3 Å². The lowest BCUT2D eigenvalue weighted by molar-refractivity contribution is 0.174. The zero-order chi connectivity index (χ0) is 14.5. The molecule has 2 atom stereocenters. The van der Waals surface area contributed by atoms with Gasteiger partial charge in [0.2, 0.25) is 0 Å². The number of methoxy groups -OCH3 is 1. The zero-order valence-electron chi connectivity index (χ0n) is 13.3. The molecule has 0 radical (unpaired) electrons. The highest BCUT2D eigenvalue weighted by molar-refractivity contribution is 5.40. The van der Waals surface area contributed by atoms with Crippen molar-refractivity contribution in [1.29, 1.82) is 0 Å². The highest BCUT2D eigenvalue weighted by Crippen LogP contribution is 2.34. The second-order valence-corrected chi connectivity index (χ2v) is 5.69. The number of aryl methyl sites for hydroxylation is 1. The molecule has 1 N–H and O–H groups in total. The van der Waals surface area contributed by atoms with Gasteiger partial charge in [-0.1, -0.05) is 19.9 Å². The third kappa shape index (κ3) is 3.15. The number of likely N-dealkylation sites (N-methyl/N-ethyl adjacent to an activating group) is 2. The van der Waals surface area contributed by atoms with Crippen molar-refractivity contribution in [3.05, 3.63) is 29.3 Å². The quantitative estimate of drug-likeness (QED) is 0.864. The van der Waals surface area contributed by atoms with Gasteiger partial charge in [0.05, 0.1) is 7.11 Å². The van der Waals surface area contributed by atoms with Gasteiger partial charge in [0.15, 0.2) is 0 Å². The maximum Gasteiger partial charge on any atom is 0.119 e. The maximum absolute atomic E-state index is 5.36. The van der Waals surface area contributed by atoms with Gasteiger partial charge in [0, 0.05) is 12.1 Å². The van der Waals surface area contributed by atoms with E-state index in [4.69, 9.17) is 4.74 Å². The summed E-state index contributed by atoms with van der Waals surface area (Å²) >= 11 is 0. The molecule has 0 aromatic heterocycles. The lowest BCUT2D eigenvalue weighted by Crippen LogP contribution is -2.45. The van der Waals surface area contributed by atoms with Crippen molar-refractivity contribution in [2.75, 3.05) is 27.2 Å². The normalized spacial score (nSPS) is 21.9. The van der Waals surface area contributed by atoms with Crippen LogP contribution in [0, 0.1) is 0 Å². The smallest absolute Gasteiger partial charge is 0.119 e. The Morgan fingerprint density at radius 3 is 2.80 bits per heavy atom. The van der Waals surface area contributed by atoms with Gasteiger partial charge in [0.1, 0.15) is 5.75 Å². The largest absolute Gasteiger partial charge is 0.497 e. The van der Waals surface area contributed by atoms with E-state index in [1.807, 2.05) is 0 Å². The van der Waals surface area contributed by atoms with Gasteiger partial charge in [-0.15, -0.1) is 0 Å². The Morgan fingerprint density at radius 2 is 2.15 bits per heavy atom. The van der Waals surface area contributed by atoms with Crippen molar-refractivity contribution in [3.63, 3.8) is 0 Å². The van der Waals surface area contributed by atoms with Crippen molar-refractivity contribution in [2.24, 2.45) is 0 Å². The average molecular weight is 276 g/mol. The molecule has 0 saturated carbocycles. The summed E-state index contributed by atoms with van der Waals surface area (Å²) in [5, 5.41) is 3.69. The van der Waals surface area contributed by atoms with Gasteiger partial charge in [0.25, 0.3) is 0 Å². The Labute approximate surface area is 123 Å². The van der Waals surface area contributed by atoms with Gasteiger partial charge >= 0.3 is 0 Å². The van der Waals surface area contributed by atoms with E-state index < -0.39 is 0 Å². The molecule has 0 saturated heterocycles. The molecule has 0 spiro atoms. The van der Waals surface area contributed by atoms with Crippen LogP contribution in [0.5, 0.6) is 5.75 Å². The maximum atomic E-state index is 5.36. The minimum atomic E-state index is 0.436. The number of ether oxygens (including phenoxy) is 1. The number of nitrogens with one attached hydrogen (secondary N) is 1. The van der Waals surface area contributed by atoms with E-state index >= 15 is 0 Å². The third-order valence-electron chi connectivity index (χ3n) is 4.35. The van der Waals surface area contributed by atoms with Crippen LogP contribution in [-0.4, -0.2) is 38.2 Å². The summed E-state index contributed by atoms with van der Waals surface area (Å²) in [5.74, 6) is 0.972. The van der Waals surface area contributed by atoms with Crippen molar-refractivity contribution in [3.8, 4) is 5.75 Å². The predicted molar refractivity (Wildman–Crippen MR) is 84.4 cm³/mol. The van der Waals surface area contributed by atoms with Gasteiger partial charge in [-0.25, -0.2) is 0 Å². The Hall–Kier alpha value is -1.06. The number of fused-ring (bicyclic) bond motifs is 1. The molecule has 1 aliphatic rings. The van der Waals surface area contributed by atoms with Gasteiger partial charge < -0.3 is 15.0 Å². The van der Waals surface area contributed by atoms with Crippen LogP contribution in [0.3, 0.4) is 0 Å². The molecular weight excluding hydrogens is 248 g/mol. The molecular formula is C17H28N2O. The summed E-state index contributed by atoms with van der Waals surface area (Å²) in [6, 6.07) is 7.57. The fraction of sp³-hybridized carbons (Fsp3) is 0.647. The van der Waals surface area contributed by atoms with Crippen LogP contribution >= 0.6 is 0 Å². The van der Waals surface area contributed by atoms with E-state index in [0.29, 0.717) is 12.1 Å². The highest BCUT2D eigenvalue weighted by atomic mass is 16.5. The van der Waals surface area contributed by atoms with Gasteiger partial charge in [-0.2, -0.15) is 0 Å². The van der Waals surface area contributed by atoms with Crippen molar-refractivity contribution in [1.82, 2.24) is 10.2 Å². The number of nitrogens with zero attached hydrogens (tertiary/aromatic N) is 1. The Kier molecular flexibility index (Phi) is 5.44. The minimum Gasteiger partial charge on any atom is -0.497 e.